The van der Waals surface area contributed by atoms with E-state index in [1.54, 1.807) is 12.1 Å². The first-order valence-corrected chi connectivity index (χ1v) is 7.08. The number of hydrogen-bond acceptors (Lipinski definition) is 5. The van der Waals surface area contributed by atoms with E-state index in [-0.39, 0.29) is 18.3 Å². The molecule has 122 valence electrons. The summed E-state index contributed by atoms with van der Waals surface area (Å²) >= 11 is 3.22. The van der Waals surface area contributed by atoms with Crippen molar-refractivity contribution in [3.63, 3.8) is 0 Å². The second kappa shape index (κ2) is 6.90. The Morgan fingerprint density at radius 3 is 2.52 bits per heavy atom. The summed E-state index contributed by atoms with van der Waals surface area (Å²) in [6.07, 6.45) is -3.02. The van der Waals surface area contributed by atoms with Crippen molar-refractivity contribution in [1.29, 1.82) is 0 Å². The minimum Gasteiger partial charge on any atom is -0.349 e. The van der Waals surface area contributed by atoms with E-state index in [1.165, 1.54) is 18.1 Å². The third kappa shape index (κ3) is 4.88. The number of carbonyl (C=O) groups excluding carboxylic acids is 1. The van der Waals surface area contributed by atoms with E-state index in [0.29, 0.717) is 5.82 Å². The number of rotatable bonds is 4. The maximum atomic E-state index is 12.4. The number of likely N-dealkylation sites (N-methyl/N-ethyl adjacent to an activating group) is 1. The summed E-state index contributed by atoms with van der Waals surface area (Å²) < 4.78 is 38.0. The van der Waals surface area contributed by atoms with Gasteiger partial charge in [0.25, 0.3) is 0 Å². The second-order valence-corrected chi connectivity index (χ2v) is 5.46. The molecule has 0 aliphatic carbocycles. The van der Waals surface area contributed by atoms with Gasteiger partial charge in [-0.2, -0.15) is 13.2 Å². The predicted molar refractivity (Wildman–Crippen MR) is 80.9 cm³/mol. The Kier molecular flexibility index (Phi) is 5.14. The number of anilines is 2. The van der Waals surface area contributed by atoms with Crippen LogP contribution in [0.4, 0.5) is 24.8 Å². The van der Waals surface area contributed by atoms with Crippen molar-refractivity contribution in [3.8, 4) is 0 Å². The molecule has 0 atom stereocenters. The van der Waals surface area contributed by atoms with Crippen molar-refractivity contribution in [2.75, 3.05) is 23.8 Å². The number of nitrogens with zero attached hydrogens (tertiary/aromatic N) is 4. The minimum atomic E-state index is -4.55. The number of nitrogens with one attached hydrogen (secondary N) is 1. The molecule has 10 heteroatoms. The van der Waals surface area contributed by atoms with Gasteiger partial charge in [0.2, 0.25) is 5.91 Å². The predicted octanol–water partition coefficient (Wildman–Crippen LogP) is 2.73. The first-order chi connectivity index (χ1) is 10.8. The molecule has 0 unspecified atom stereocenters. The lowest BCUT2D eigenvalue weighted by Crippen LogP contribution is -2.31. The quantitative estimate of drug-likeness (QED) is 0.870. The fourth-order valence-electron chi connectivity index (χ4n) is 1.61. The van der Waals surface area contributed by atoms with Gasteiger partial charge in [-0.3, -0.25) is 4.79 Å². The molecule has 1 N–H and O–H groups in total. The fourth-order valence-corrected chi connectivity index (χ4v) is 1.84. The third-order valence-electron chi connectivity index (χ3n) is 2.71. The monoisotopic (exact) mass is 389 g/mol. The van der Waals surface area contributed by atoms with E-state index in [9.17, 15) is 18.0 Å². The molecule has 0 aliphatic rings. The summed E-state index contributed by atoms with van der Waals surface area (Å²) in [5.74, 6) is 0.131. The Bertz CT molecular complexity index is 676. The molecule has 0 saturated carbocycles. The average Bonchev–Trinajstić information content (AvgIpc) is 2.49. The number of carbonyl (C=O) groups is 1. The lowest BCUT2D eigenvalue weighted by Gasteiger charge is -2.17. The van der Waals surface area contributed by atoms with Gasteiger partial charge in [-0.15, -0.1) is 10.2 Å². The molecule has 2 aromatic rings. The summed E-state index contributed by atoms with van der Waals surface area (Å²) in [6.45, 7) is -0.113. The Balaban J connectivity index is 1.96. The van der Waals surface area contributed by atoms with Gasteiger partial charge in [0.1, 0.15) is 5.82 Å². The van der Waals surface area contributed by atoms with Crippen LogP contribution in [0.1, 0.15) is 5.69 Å². The second-order valence-electron chi connectivity index (χ2n) is 4.54. The number of amides is 1. The van der Waals surface area contributed by atoms with E-state index < -0.39 is 11.9 Å². The lowest BCUT2D eigenvalue weighted by molar-refractivity contribution is -0.141. The molecular formula is C13H11BrF3N5O. The van der Waals surface area contributed by atoms with E-state index in [1.807, 2.05) is 0 Å². The average molecular weight is 390 g/mol. The molecule has 0 bridgehead atoms. The van der Waals surface area contributed by atoms with E-state index in [2.05, 4.69) is 36.4 Å². The first kappa shape index (κ1) is 17.1. The van der Waals surface area contributed by atoms with Gasteiger partial charge in [0.15, 0.2) is 11.5 Å². The van der Waals surface area contributed by atoms with Gasteiger partial charge in [-0.1, -0.05) is 0 Å². The molecule has 0 radical (unpaired) electrons. The topological polar surface area (TPSA) is 71.0 Å². The molecule has 2 rings (SSSR count). The van der Waals surface area contributed by atoms with Crippen LogP contribution in [0.25, 0.3) is 0 Å². The van der Waals surface area contributed by atoms with Crippen molar-refractivity contribution < 1.29 is 18.0 Å². The molecule has 1 amide bonds. The van der Waals surface area contributed by atoms with Crippen LogP contribution in [-0.4, -0.2) is 34.7 Å². The van der Waals surface area contributed by atoms with Crippen molar-refractivity contribution in [1.82, 2.24) is 15.2 Å². The largest absolute Gasteiger partial charge is 0.435 e. The third-order valence-corrected chi connectivity index (χ3v) is 3.18. The highest BCUT2D eigenvalue weighted by atomic mass is 79.9. The molecule has 6 nitrogen and oxygen atoms in total. The molecule has 0 saturated heterocycles. The van der Waals surface area contributed by atoms with Gasteiger partial charge in [-0.05, 0) is 40.2 Å². The number of pyridine rings is 1. The van der Waals surface area contributed by atoms with Crippen LogP contribution in [-0.2, 0) is 11.0 Å². The Hall–Kier alpha value is -2.23. The Morgan fingerprint density at radius 1 is 1.26 bits per heavy atom. The van der Waals surface area contributed by atoms with Gasteiger partial charge in [0.05, 0.1) is 6.54 Å². The highest BCUT2D eigenvalue weighted by Crippen LogP contribution is 2.27. The summed E-state index contributed by atoms with van der Waals surface area (Å²) in [5.41, 5.74) is -1.09. The highest BCUT2D eigenvalue weighted by molar-refractivity contribution is 9.10. The first-order valence-electron chi connectivity index (χ1n) is 6.29. The molecule has 2 aromatic heterocycles. The van der Waals surface area contributed by atoms with Crippen molar-refractivity contribution in [3.05, 3.63) is 40.6 Å². The summed E-state index contributed by atoms with van der Waals surface area (Å²) in [5, 5.41) is 9.14. The summed E-state index contributed by atoms with van der Waals surface area (Å²) in [6, 6.07) is 5.29. The van der Waals surface area contributed by atoms with Crippen molar-refractivity contribution >= 4 is 33.5 Å². The Labute approximate surface area is 137 Å². The van der Waals surface area contributed by atoms with Crippen LogP contribution < -0.4 is 10.2 Å². The van der Waals surface area contributed by atoms with Crippen LogP contribution in [0.3, 0.4) is 0 Å². The van der Waals surface area contributed by atoms with Gasteiger partial charge in [-0.25, -0.2) is 4.98 Å². The summed E-state index contributed by atoms with van der Waals surface area (Å²) in [7, 11) is 1.52. The zero-order valence-corrected chi connectivity index (χ0v) is 13.4. The number of hydrogen-bond donors (Lipinski definition) is 1. The highest BCUT2D eigenvalue weighted by Gasteiger charge is 2.33. The fraction of sp³-hybridized carbons (Fsp3) is 0.231. The molecule has 2 heterocycles. The van der Waals surface area contributed by atoms with E-state index in [4.69, 9.17) is 0 Å². The van der Waals surface area contributed by atoms with E-state index in [0.717, 1.165) is 16.6 Å². The number of halogens is 4. The minimum absolute atomic E-state index is 0.113. The van der Waals surface area contributed by atoms with Crippen LogP contribution in [0.15, 0.2) is 34.9 Å². The van der Waals surface area contributed by atoms with Gasteiger partial charge in [0, 0.05) is 17.7 Å². The van der Waals surface area contributed by atoms with Gasteiger partial charge >= 0.3 is 6.18 Å². The number of aromatic nitrogens is 3. The Morgan fingerprint density at radius 2 is 2.00 bits per heavy atom. The van der Waals surface area contributed by atoms with Gasteiger partial charge < -0.3 is 10.2 Å². The molecule has 0 fully saturated rings. The zero-order chi connectivity index (χ0) is 17.0. The molecule has 0 spiro atoms. The molecule has 23 heavy (non-hydrogen) atoms. The van der Waals surface area contributed by atoms with Crippen LogP contribution in [0, 0.1) is 0 Å². The normalized spacial score (nSPS) is 11.2. The van der Waals surface area contributed by atoms with Crippen molar-refractivity contribution in [2.45, 2.75) is 6.18 Å². The standard InChI is InChI=1S/C13H11BrF3N5O/c1-22(11-5-3-9(20-21-11)13(15,16)17)7-12(23)19-10-4-2-8(14)6-18-10/h2-6H,7H2,1H3,(H,18,19,23). The zero-order valence-electron chi connectivity index (χ0n) is 11.8. The molecule has 0 aliphatic heterocycles. The maximum absolute atomic E-state index is 12.4. The molecular weight excluding hydrogens is 379 g/mol. The molecule has 0 aromatic carbocycles. The van der Waals surface area contributed by atoms with Crippen LogP contribution in [0.2, 0.25) is 0 Å². The number of alkyl halides is 3. The van der Waals surface area contributed by atoms with Crippen molar-refractivity contribution in [2.24, 2.45) is 0 Å². The van der Waals surface area contributed by atoms with Crippen LogP contribution >= 0.6 is 15.9 Å². The van der Waals surface area contributed by atoms with Crippen LogP contribution in [0.5, 0.6) is 0 Å². The SMILES string of the molecule is CN(CC(=O)Nc1ccc(Br)cn1)c1ccc(C(F)(F)F)nn1. The maximum Gasteiger partial charge on any atom is 0.435 e. The smallest absolute Gasteiger partial charge is 0.349 e. The van der Waals surface area contributed by atoms with E-state index >= 15 is 0 Å². The summed E-state index contributed by atoms with van der Waals surface area (Å²) in [4.78, 5) is 17.2. The lowest BCUT2D eigenvalue weighted by atomic mass is 10.3.